The summed E-state index contributed by atoms with van der Waals surface area (Å²) in [6, 6.07) is 7.26. The molecule has 0 saturated carbocycles. The second kappa shape index (κ2) is 7.51. The predicted octanol–water partition coefficient (Wildman–Crippen LogP) is 2.85. The third-order valence-corrected chi connectivity index (χ3v) is 4.98. The highest BCUT2D eigenvalue weighted by Gasteiger charge is 2.19. The lowest BCUT2D eigenvalue weighted by molar-refractivity contribution is 0.0912. The molecule has 2 aromatic heterocycles. The van der Waals surface area contributed by atoms with Gasteiger partial charge in [0.1, 0.15) is 0 Å². The van der Waals surface area contributed by atoms with Gasteiger partial charge in [0, 0.05) is 17.2 Å². The maximum absolute atomic E-state index is 5.89. The van der Waals surface area contributed by atoms with E-state index in [-0.39, 0.29) is 6.10 Å². The number of nitrogens with zero attached hydrogens (tertiary/aromatic N) is 6. The Hall–Kier alpha value is -1.97. The van der Waals surface area contributed by atoms with E-state index in [0.717, 1.165) is 25.0 Å². The van der Waals surface area contributed by atoms with Gasteiger partial charge in [0.05, 0.1) is 18.4 Å². The highest BCUT2D eigenvalue weighted by atomic mass is 35.5. The van der Waals surface area contributed by atoms with E-state index < -0.39 is 0 Å². The van der Waals surface area contributed by atoms with Crippen molar-refractivity contribution in [1.29, 1.82) is 0 Å². The zero-order chi connectivity index (χ0) is 17.1. The molecule has 1 saturated heterocycles. The fourth-order valence-electron chi connectivity index (χ4n) is 2.54. The predicted molar refractivity (Wildman–Crippen MR) is 91.1 cm³/mol. The summed E-state index contributed by atoms with van der Waals surface area (Å²) in [6.45, 7) is 1.47. The van der Waals surface area contributed by atoms with Crippen LogP contribution >= 0.6 is 23.4 Å². The lowest BCUT2D eigenvalue weighted by Gasteiger charge is -2.09. The number of benzene rings is 1. The van der Waals surface area contributed by atoms with Crippen LogP contribution in [-0.4, -0.2) is 43.1 Å². The third-order valence-electron chi connectivity index (χ3n) is 3.78. The van der Waals surface area contributed by atoms with Gasteiger partial charge in [0.2, 0.25) is 16.9 Å². The van der Waals surface area contributed by atoms with E-state index in [9.17, 15) is 0 Å². The number of hydrogen-bond acceptors (Lipinski definition) is 8. The van der Waals surface area contributed by atoms with Gasteiger partial charge in [0.15, 0.2) is 0 Å². The molecule has 4 rings (SSSR count). The molecule has 1 unspecified atom stereocenters. The Labute approximate surface area is 152 Å². The van der Waals surface area contributed by atoms with Crippen molar-refractivity contribution in [2.24, 2.45) is 0 Å². The smallest absolute Gasteiger partial charge is 0.247 e. The normalized spacial score (nSPS) is 17.2. The molecule has 0 bridgehead atoms. The molecule has 1 aliphatic rings. The first-order valence-electron chi connectivity index (χ1n) is 7.87. The van der Waals surface area contributed by atoms with Crippen molar-refractivity contribution >= 4 is 23.4 Å². The topological polar surface area (TPSA) is 91.8 Å². The van der Waals surface area contributed by atoms with Crippen molar-refractivity contribution < 1.29 is 9.15 Å². The van der Waals surface area contributed by atoms with E-state index in [0.29, 0.717) is 34.3 Å². The van der Waals surface area contributed by atoms with Crippen LogP contribution in [0.5, 0.6) is 0 Å². The molecule has 0 spiro atoms. The summed E-state index contributed by atoms with van der Waals surface area (Å²) in [5, 5.41) is 21.3. The fraction of sp³-hybridized carbons (Fsp3) is 0.400. The lowest BCUT2D eigenvalue weighted by Crippen LogP contribution is -2.16. The Morgan fingerprint density at radius 3 is 2.88 bits per heavy atom. The summed E-state index contributed by atoms with van der Waals surface area (Å²) in [5.41, 5.74) is 0.830. The number of ether oxygens (including phenoxy) is 1. The van der Waals surface area contributed by atoms with Crippen molar-refractivity contribution in [2.75, 3.05) is 6.61 Å². The second-order valence-corrected chi connectivity index (χ2v) is 6.95. The molecule has 8 nitrogen and oxygen atoms in total. The molecule has 0 aliphatic carbocycles. The first-order valence-corrected chi connectivity index (χ1v) is 9.23. The van der Waals surface area contributed by atoms with Crippen molar-refractivity contribution in [3.05, 3.63) is 35.2 Å². The van der Waals surface area contributed by atoms with Crippen molar-refractivity contribution in [3.63, 3.8) is 0 Å². The van der Waals surface area contributed by atoms with Gasteiger partial charge in [-0.1, -0.05) is 23.4 Å². The molecule has 1 fully saturated rings. The molecule has 1 aliphatic heterocycles. The van der Waals surface area contributed by atoms with Crippen molar-refractivity contribution in [1.82, 2.24) is 30.4 Å². The first-order chi connectivity index (χ1) is 12.3. The monoisotopic (exact) mass is 378 g/mol. The molecule has 0 N–H and O–H groups in total. The number of rotatable bonds is 6. The largest absolute Gasteiger partial charge is 0.420 e. The summed E-state index contributed by atoms with van der Waals surface area (Å²) in [5.74, 6) is 1.47. The Kier molecular flexibility index (Phi) is 4.95. The molecule has 1 atom stereocenters. The number of halogens is 1. The van der Waals surface area contributed by atoms with Crippen LogP contribution in [-0.2, 0) is 17.0 Å². The van der Waals surface area contributed by atoms with Crippen LogP contribution in [0.3, 0.4) is 0 Å². The van der Waals surface area contributed by atoms with Crippen LogP contribution < -0.4 is 0 Å². The first kappa shape index (κ1) is 16.5. The molecule has 25 heavy (non-hydrogen) atoms. The third kappa shape index (κ3) is 4.00. The van der Waals surface area contributed by atoms with Gasteiger partial charge in [-0.3, -0.25) is 0 Å². The molecule has 3 aromatic rings. The van der Waals surface area contributed by atoms with Gasteiger partial charge in [0.25, 0.3) is 0 Å². The van der Waals surface area contributed by atoms with Crippen LogP contribution in [0.2, 0.25) is 5.02 Å². The van der Waals surface area contributed by atoms with Crippen LogP contribution in [0.15, 0.2) is 33.8 Å². The van der Waals surface area contributed by atoms with E-state index in [2.05, 4.69) is 25.7 Å². The standard InChI is InChI=1S/C15H15ClN6O2S/c16-11-5-3-10(4-6-11)14-18-17-13(24-14)9-25-15-19-20-21-22(15)8-12-2-1-7-23-12/h3-6,12H,1-2,7-9H2. The Balaban J connectivity index is 1.39. The number of hydrogen-bond donors (Lipinski definition) is 0. The maximum atomic E-state index is 5.89. The summed E-state index contributed by atoms with van der Waals surface area (Å²) < 4.78 is 13.1. The van der Waals surface area contributed by atoms with Crippen molar-refractivity contribution in [2.45, 2.75) is 36.4 Å². The van der Waals surface area contributed by atoms with Gasteiger partial charge in [-0.25, -0.2) is 4.68 Å². The van der Waals surface area contributed by atoms with E-state index in [1.54, 1.807) is 16.8 Å². The van der Waals surface area contributed by atoms with Gasteiger partial charge < -0.3 is 9.15 Å². The zero-order valence-electron chi connectivity index (χ0n) is 13.2. The molecule has 3 heterocycles. The number of thioether (sulfide) groups is 1. The molecule has 130 valence electrons. The molecule has 0 amide bonds. The van der Waals surface area contributed by atoms with E-state index in [4.69, 9.17) is 20.8 Å². The van der Waals surface area contributed by atoms with Gasteiger partial charge in [-0.15, -0.1) is 15.3 Å². The van der Waals surface area contributed by atoms with Crippen LogP contribution in [0.1, 0.15) is 18.7 Å². The highest BCUT2D eigenvalue weighted by molar-refractivity contribution is 7.98. The van der Waals surface area contributed by atoms with E-state index in [1.807, 2.05) is 12.1 Å². The summed E-state index contributed by atoms with van der Waals surface area (Å²) in [6.07, 6.45) is 2.31. The molecular weight excluding hydrogens is 364 g/mol. The molecule has 10 heteroatoms. The van der Waals surface area contributed by atoms with E-state index >= 15 is 0 Å². The minimum atomic E-state index is 0.183. The molecule has 0 radical (unpaired) electrons. The molecular formula is C15H15ClN6O2S. The van der Waals surface area contributed by atoms with Gasteiger partial charge >= 0.3 is 0 Å². The highest BCUT2D eigenvalue weighted by Crippen LogP contribution is 2.24. The van der Waals surface area contributed by atoms with E-state index in [1.165, 1.54) is 11.8 Å². The zero-order valence-corrected chi connectivity index (χ0v) is 14.8. The Bertz CT molecular complexity index is 831. The summed E-state index contributed by atoms with van der Waals surface area (Å²) in [4.78, 5) is 0. The average Bonchev–Trinajstić information content (AvgIpc) is 3.36. The minimum absolute atomic E-state index is 0.183. The van der Waals surface area contributed by atoms with Gasteiger partial charge in [-0.05, 0) is 47.5 Å². The maximum Gasteiger partial charge on any atom is 0.247 e. The van der Waals surface area contributed by atoms with Crippen LogP contribution in [0.25, 0.3) is 11.5 Å². The average molecular weight is 379 g/mol. The second-order valence-electron chi connectivity index (χ2n) is 5.58. The lowest BCUT2D eigenvalue weighted by atomic mass is 10.2. The number of tetrazole rings is 1. The quantitative estimate of drug-likeness (QED) is 0.604. The Morgan fingerprint density at radius 1 is 1.20 bits per heavy atom. The fourth-order valence-corrected chi connectivity index (χ4v) is 3.39. The SMILES string of the molecule is Clc1ccc(-c2nnc(CSc3nnnn3CC3CCCO3)o2)cc1. The summed E-state index contributed by atoms with van der Waals surface area (Å²) >= 11 is 7.34. The van der Waals surface area contributed by atoms with Crippen LogP contribution in [0, 0.1) is 0 Å². The number of aromatic nitrogens is 6. The Morgan fingerprint density at radius 2 is 2.08 bits per heavy atom. The summed E-state index contributed by atoms with van der Waals surface area (Å²) in [7, 11) is 0. The van der Waals surface area contributed by atoms with Crippen molar-refractivity contribution in [3.8, 4) is 11.5 Å². The van der Waals surface area contributed by atoms with Gasteiger partial charge in [-0.2, -0.15) is 0 Å². The van der Waals surface area contributed by atoms with Crippen LogP contribution in [0.4, 0.5) is 0 Å². The molecule has 1 aromatic carbocycles. The minimum Gasteiger partial charge on any atom is -0.420 e.